The molecular weight excluding hydrogens is 548 g/mol. The highest BCUT2D eigenvalue weighted by Crippen LogP contribution is 2.30. The van der Waals surface area contributed by atoms with Gasteiger partial charge < -0.3 is 25.3 Å². The van der Waals surface area contributed by atoms with E-state index in [1.807, 2.05) is 54.7 Å². The number of carbonyl (C=O) groups excluding carboxylic acids is 1. The Hall–Kier alpha value is -5.02. The number of anilines is 5. The van der Waals surface area contributed by atoms with E-state index in [4.69, 9.17) is 4.98 Å². The summed E-state index contributed by atoms with van der Waals surface area (Å²) in [5.74, 6) is 0.393. The first-order valence-corrected chi connectivity index (χ1v) is 15.2. The number of carbonyl (C=O) groups is 1. The van der Waals surface area contributed by atoms with Crippen LogP contribution in [-0.4, -0.2) is 65.5 Å². The van der Waals surface area contributed by atoms with Gasteiger partial charge in [0.1, 0.15) is 5.69 Å². The standard InChI is InChI=1S/C35H36N8O/c1-24-7-8-29(38-34(44)32-19-25-5-3-4-6-26(25)21-36-32)20-33(24)43-14-13-31-27(23-43)22-37-35(40-31)39-28-9-11-30(12-10-28)42-17-15-41(2)16-18-42/h3-12,19-22H,13-18,23H2,1-2H3,(H,38,44)(H,37,39,40). The van der Waals surface area contributed by atoms with Crippen LogP contribution in [0.2, 0.25) is 0 Å². The third-order valence-corrected chi connectivity index (χ3v) is 8.60. The number of benzene rings is 3. The van der Waals surface area contributed by atoms with Crippen LogP contribution in [0.5, 0.6) is 0 Å². The van der Waals surface area contributed by atoms with Gasteiger partial charge in [-0.3, -0.25) is 9.78 Å². The van der Waals surface area contributed by atoms with Crippen LogP contribution in [0.25, 0.3) is 10.8 Å². The molecule has 2 aliphatic heterocycles. The first kappa shape index (κ1) is 27.8. The molecule has 44 heavy (non-hydrogen) atoms. The second-order valence-electron chi connectivity index (χ2n) is 11.7. The second-order valence-corrected chi connectivity index (χ2v) is 11.7. The maximum absolute atomic E-state index is 13.0. The Labute approximate surface area is 257 Å². The largest absolute Gasteiger partial charge is 0.369 e. The van der Waals surface area contributed by atoms with Crippen LogP contribution >= 0.6 is 0 Å². The van der Waals surface area contributed by atoms with E-state index >= 15 is 0 Å². The second kappa shape index (κ2) is 11.9. The molecule has 1 fully saturated rings. The fourth-order valence-electron chi connectivity index (χ4n) is 5.96. The normalized spacial score (nSPS) is 15.2. The van der Waals surface area contributed by atoms with Crippen LogP contribution in [0.3, 0.4) is 0 Å². The molecule has 7 rings (SSSR count). The van der Waals surface area contributed by atoms with Gasteiger partial charge in [0.05, 0.1) is 5.69 Å². The zero-order valence-electron chi connectivity index (χ0n) is 25.1. The summed E-state index contributed by atoms with van der Waals surface area (Å²) in [4.78, 5) is 34.0. The van der Waals surface area contributed by atoms with E-state index in [0.29, 0.717) is 18.2 Å². The number of amides is 1. The molecule has 0 unspecified atom stereocenters. The summed E-state index contributed by atoms with van der Waals surface area (Å²) in [6.45, 7) is 7.91. The van der Waals surface area contributed by atoms with Crippen molar-refractivity contribution < 1.29 is 4.79 Å². The SMILES string of the molecule is Cc1ccc(NC(=O)c2cc3ccccc3cn2)cc1N1CCc2nc(Nc3ccc(N4CCN(C)CC4)cc3)ncc2C1. The molecule has 0 saturated carbocycles. The van der Waals surface area contributed by atoms with Crippen molar-refractivity contribution in [2.24, 2.45) is 0 Å². The van der Waals surface area contributed by atoms with Crippen LogP contribution in [0, 0.1) is 6.92 Å². The lowest BCUT2D eigenvalue weighted by Crippen LogP contribution is -2.44. The molecule has 1 saturated heterocycles. The van der Waals surface area contributed by atoms with Crippen LogP contribution in [0.15, 0.2) is 85.2 Å². The first-order valence-electron chi connectivity index (χ1n) is 15.2. The molecule has 0 bridgehead atoms. The Morgan fingerprint density at radius 1 is 0.795 bits per heavy atom. The number of aryl methyl sites for hydroxylation is 1. The van der Waals surface area contributed by atoms with Crippen molar-refractivity contribution in [3.8, 4) is 0 Å². The number of nitrogens with zero attached hydrogens (tertiary/aromatic N) is 6. The van der Waals surface area contributed by atoms with Gasteiger partial charge in [0.15, 0.2) is 0 Å². The number of fused-ring (bicyclic) bond motifs is 2. The molecule has 222 valence electrons. The molecule has 4 heterocycles. The lowest BCUT2D eigenvalue weighted by molar-refractivity contribution is 0.102. The predicted octanol–water partition coefficient (Wildman–Crippen LogP) is 5.64. The monoisotopic (exact) mass is 584 g/mol. The summed E-state index contributed by atoms with van der Waals surface area (Å²) in [5.41, 5.74) is 7.78. The van der Waals surface area contributed by atoms with Crippen molar-refractivity contribution in [3.05, 3.63) is 108 Å². The number of hydrogen-bond acceptors (Lipinski definition) is 8. The number of likely N-dealkylation sites (N-methyl/N-ethyl adjacent to an activating group) is 1. The summed E-state index contributed by atoms with van der Waals surface area (Å²) in [6.07, 6.45) is 4.48. The smallest absolute Gasteiger partial charge is 0.274 e. The Kier molecular flexibility index (Phi) is 7.54. The van der Waals surface area contributed by atoms with E-state index in [0.717, 1.165) is 83.8 Å². The maximum atomic E-state index is 13.0. The van der Waals surface area contributed by atoms with E-state index in [9.17, 15) is 4.79 Å². The molecule has 2 aromatic heterocycles. The van der Waals surface area contributed by atoms with Gasteiger partial charge in [0.25, 0.3) is 5.91 Å². The average Bonchev–Trinajstić information content (AvgIpc) is 3.06. The van der Waals surface area contributed by atoms with Gasteiger partial charge in [0, 0.05) is 91.8 Å². The molecule has 1 amide bonds. The van der Waals surface area contributed by atoms with Crippen molar-refractivity contribution >= 4 is 45.4 Å². The minimum absolute atomic E-state index is 0.225. The highest BCUT2D eigenvalue weighted by Gasteiger charge is 2.21. The van der Waals surface area contributed by atoms with Crippen LogP contribution < -0.4 is 20.4 Å². The third-order valence-electron chi connectivity index (χ3n) is 8.60. The number of aromatic nitrogens is 3. The molecule has 0 aliphatic carbocycles. The summed E-state index contributed by atoms with van der Waals surface area (Å²) in [6, 6.07) is 24.3. The fraction of sp³-hybridized carbons (Fsp3) is 0.257. The van der Waals surface area contributed by atoms with Crippen molar-refractivity contribution in [1.29, 1.82) is 0 Å². The zero-order valence-corrected chi connectivity index (χ0v) is 25.1. The minimum Gasteiger partial charge on any atom is -0.369 e. The number of pyridine rings is 1. The van der Waals surface area contributed by atoms with Gasteiger partial charge >= 0.3 is 0 Å². The molecule has 9 nitrogen and oxygen atoms in total. The van der Waals surface area contributed by atoms with Gasteiger partial charge in [-0.1, -0.05) is 30.3 Å². The quantitative estimate of drug-likeness (QED) is 0.265. The number of piperazine rings is 1. The van der Waals surface area contributed by atoms with E-state index in [-0.39, 0.29) is 5.91 Å². The summed E-state index contributed by atoms with van der Waals surface area (Å²) < 4.78 is 0. The van der Waals surface area contributed by atoms with Crippen molar-refractivity contribution in [1.82, 2.24) is 19.9 Å². The van der Waals surface area contributed by atoms with E-state index in [1.54, 1.807) is 6.20 Å². The van der Waals surface area contributed by atoms with Crippen LogP contribution in [0.1, 0.15) is 27.3 Å². The summed E-state index contributed by atoms with van der Waals surface area (Å²) in [7, 11) is 2.17. The highest BCUT2D eigenvalue weighted by molar-refractivity contribution is 6.05. The first-order chi connectivity index (χ1) is 21.5. The van der Waals surface area contributed by atoms with Gasteiger partial charge in [-0.15, -0.1) is 0 Å². The van der Waals surface area contributed by atoms with E-state index < -0.39 is 0 Å². The van der Waals surface area contributed by atoms with Gasteiger partial charge in [-0.25, -0.2) is 9.97 Å². The van der Waals surface area contributed by atoms with Crippen LogP contribution in [0.4, 0.5) is 28.7 Å². The van der Waals surface area contributed by atoms with Crippen molar-refractivity contribution in [2.75, 3.05) is 60.2 Å². The molecule has 5 aromatic rings. The summed E-state index contributed by atoms with van der Waals surface area (Å²) in [5, 5.41) is 8.42. The molecule has 3 aromatic carbocycles. The Bertz CT molecular complexity index is 1810. The molecule has 2 N–H and O–H groups in total. The highest BCUT2D eigenvalue weighted by atomic mass is 16.1. The molecule has 0 atom stereocenters. The number of hydrogen-bond donors (Lipinski definition) is 2. The van der Waals surface area contributed by atoms with E-state index in [1.165, 1.54) is 5.69 Å². The Morgan fingerprint density at radius 3 is 2.39 bits per heavy atom. The molecular formula is C35H36N8O. The molecule has 2 aliphatic rings. The Morgan fingerprint density at radius 2 is 1.57 bits per heavy atom. The maximum Gasteiger partial charge on any atom is 0.274 e. The van der Waals surface area contributed by atoms with Crippen LogP contribution in [-0.2, 0) is 13.0 Å². The average molecular weight is 585 g/mol. The topological polar surface area (TPSA) is 89.5 Å². The molecule has 9 heteroatoms. The van der Waals surface area contributed by atoms with Gasteiger partial charge in [-0.2, -0.15) is 0 Å². The Balaban J connectivity index is 1.01. The summed E-state index contributed by atoms with van der Waals surface area (Å²) >= 11 is 0. The molecule has 0 spiro atoms. The van der Waals surface area contributed by atoms with Crippen molar-refractivity contribution in [2.45, 2.75) is 19.9 Å². The fourth-order valence-corrected chi connectivity index (χ4v) is 5.96. The number of rotatable bonds is 6. The number of nitrogens with one attached hydrogen (secondary N) is 2. The minimum atomic E-state index is -0.225. The third kappa shape index (κ3) is 5.91. The predicted molar refractivity (Wildman–Crippen MR) is 177 cm³/mol. The zero-order chi connectivity index (χ0) is 30.0. The van der Waals surface area contributed by atoms with Gasteiger partial charge in [-0.05, 0) is 67.4 Å². The van der Waals surface area contributed by atoms with E-state index in [2.05, 4.69) is 73.5 Å². The van der Waals surface area contributed by atoms with Gasteiger partial charge in [0.2, 0.25) is 5.95 Å². The lowest BCUT2D eigenvalue weighted by Gasteiger charge is -2.34. The molecule has 0 radical (unpaired) electrons. The van der Waals surface area contributed by atoms with Crippen molar-refractivity contribution in [3.63, 3.8) is 0 Å². The lowest BCUT2D eigenvalue weighted by atomic mass is 10.0.